The van der Waals surface area contributed by atoms with Crippen LogP contribution in [0.25, 0.3) is 11.3 Å². The molecule has 0 amide bonds. The SMILES string of the molecule is Cc1ccc(N=C2C(c3ccccn3)=C(Nc3ccc(C)cc3)c3ccccc32)cc1. The first-order valence-corrected chi connectivity index (χ1v) is 10.4. The number of anilines is 1. The molecule has 0 fully saturated rings. The molecule has 0 bridgehead atoms. The highest BCUT2D eigenvalue weighted by atomic mass is 14.9. The summed E-state index contributed by atoms with van der Waals surface area (Å²) < 4.78 is 0. The molecular formula is C28H23N3. The van der Waals surface area contributed by atoms with E-state index in [0.717, 1.165) is 45.2 Å². The molecule has 1 aliphatic carbocycles. The molecule has 31 heavy (non-hydrogen) atoms. The van der Waals surface area contributed by atoms with Crippen molar-refractivity contribution in [1.82, 2.24) is 4.98 Å². The Morgan fingerprint density at radius 3 is 2.00 bits per heavy atom. The molecule has 0 atom stereocenters. The van der Waals surface area contributed by atoms with Gasteiger partial charge in [-0.3, -0.25) is 4.98 Å². The quantitative estimate of drug-likeness (QED) is 0.408. The van der Waals surface area contributed by atoms with Crippen molar-refractivity contribution in [1.29, 1.82) is 0 Å². The highest BCUT2D eigenvalue weighted by molar-refractivity contribution is 6.43. The van der Waals surface area contributed by atoms with Crippen LogP contribution < -0.4 is 5.32 Å². The molecule has 5 rings (SSSR count). The Labute approximate surface area is 182 Å². The van der Waals surface area contributed by atoms with Crippen LogP contribution in [-0.2, 0) is 0 Å². The van der Waals surface area contributed by atoms with Gasteiger partial charge in [-0.05, 0) is 50.2 Å². The van der Waals surface area contributed by atoms with Crippen molar-refractivity contribution in [2.45, 2.75) is 13.8 Å². The van der Waals surface area contributed by atoms with Gasteiger partial charge in [0.25, 0.3) is 0 Å². The van der Waals surface area contributed by atoms with Gasteiger partial charge in [-0.2, -0.15) is 0 Å². The largest absolute Gasteiger partial charge is 0.354 e. The zero-order chi connectivity index (χ0) is 21.2. The van der Waals surface area contributed by atoms with Crippen molar-refractivity contribution in [3.8, 4) is 0 Å². The minimum absolute atomic E-state index is 0.902. The third-order valence-electron chi connectivity index (χ3n) is 5.46. The lowest BCUT2D eigenvalue weighted by molar-refractivity contribution is 1.28. The van der Waals surface area contributed by atoms with Gasteiger partial charge >= 0.3 is 0 Å². The molecule has 0 radical (unpaired) electrons. The summed E-state index contributed by atoms with van der Waals surface area (Å²) >= 11 is 0. The van der Waals surface area contributed by atoms with E-state index in [0.29, 0.717) is 0 Å². The van der Waals surface area contributed by atoms with Crippen molar-refractivity contribution >= 4 is 28.4 Å². The summed E-state index contributed by atoms with van der Waals surface area (Å²) in [4.78, 5) is 9.76. The lowest BCUT2D eigenvalue weighted by Crippen LogP contribution is -2.04. The minimum atomic E-state index is 0.902. The van der Waals surface area contributed by atoms with E-state index in [-0.39, 0.29) is 0 Å². The number of hydrogen-bond acceptors (Lipinski definition) is 3. The second-order valence-electron chi connectivity index (χ2n) is 7.80. The van der Waals surface area contributed by atoms with Crippen molar-refractivity contribution in [3.05, 3.63) is 125 Å². The molecule has 1 heterocycles. The van der Waals surface area contributed by atoms with Crippen LogP contribution in [0.5, 0.6) is 0 Å². The zero-order valence-corrected chi connectivity index (χ0v) is 17.6. The predicted molar refractivity (Wildman–Crippen MR) is 130 cm³/mol. The first kappa shape index (κ1) is 19.0. The lowest BCUT2D eigenvalue weighted by Gasteiger charge is -2.12. The summed E-state index contributed by atoms with van der Waals surface area (Å²) in [5.74, 6) is 0. The molecule has 0 aliphatic heterocycles. The molecule has 3 heteroatoms. The molecule has 0 saturated heterocycles. The molecule has 3 nitrogen and oxygen atoms in total. The molecule has 0 unspecified atom stereocenters. The van der Waals surface area contributed by atoms with Gasteiger partial charge in [0.15, 0.2) is 0 Å². The number of aryl methyl sites for hydroxylation is 2. The monoisotopic (exact) mass is 401 g/mol. The number of nitrogens with one attached hydrogen (secondary N) is 1. The number of aromatic nitrogens is 1. The molecule has 1 N–H and O–H groups in total. The van der Waals surface area contributed by atoms with Crippen LogP contribution in [0.3, 0.4) is 0 Å². The lowest BCUT2D eigenvalue weighted by atomic mass is 10.0. The average molecular weight is 402 g/mol. The molecule has 3 aromatic carbocycles. The Morgan fingerprint density at radius 2 is 1.32 bits per heavy atom. The summed E-state index contributed by atoms with van der Waals surface area (Å²) in [5, 5.41) is 3.66. The predicted octanol–water partition coefficient (Wildman–Crippen LogP) is 6.81. The number of pyridine rings is 1. The highest BCUT2D eigenvalue weighted by Gasteiger charge is 2.29. The van der Waals surface area contributed by atoms with E-state index in [9.17, 15) is 0 Å². The van der Waals surface area contributed by atoms with Crippen LogP contribution in [0.4, 0.5) is 11.4 Å². The molecule has 0 saturated carbocycles. The Morgan fingerprint density at radius 1 is 0.677 bits per heavy atom. The van der Waals surface area contributed by atoms with Gasteiger partial charge in [-0.1, -0.05) is 65.7 Å². The minimum Gasteiger partial charge on any atom is -0.354 e. The fourth-order valence-corrected chi connectivity index (χ4v) is 3.83. The van der Waals surface area contributed by atoms with Gasteiger partial charge in [0.05, 0.1) is 28.4 Å². The van der Waals surface area contributed by atoms with E-state index < -0.39 is 0 Å². The summed E-state index contributed by atoms with van der Waals surface area (Å²) in [6.45, 7) is 4.18. The number of rotatable bonds is 4. The number of hydrogen-bond donors (Lipinski definition) is 1. The van der Waals surface area contributed by atoms with Crippen molar-refractivity contribution < 1.29 is 0 Å². The Bertz CT molecular complexity index is 1280. The molecule has 4 aromatic rings. The van der Waals surface area contributed by atoms with Gasteiger partial charge in [-0.25, -0.2) is 4.99 Å². The van der Waals surface area contributed by atoms with Crippen molar-refractivity contribution in [3.63, 3.8) is 0 Å². The summed E-state index contributed by atoms with van der Waals surface area (Å²) in [6.07, 6.45) is 1.83. The van der Waals surface area contributed by atoms with E-state index in [1.165, 1.54) is 11.1 Å². The second-order valence-corrected chi connectivity index (χ2v) is 7.80. The molecule has 150 valence electrons. The standard InChI is InChI=1S/C28H23N3/c1-19-10-14-21(15-11-19)30-27-23-7-3-4-8-24(23)28(26(27)25-9-5-6-18-29-25)31-22-16-12-20(2)13-17-22/h3-18,30H,1-2H3. The maximum atomic E-state index is 5.08. The van der Waals surface area contributed by atoms with E-state index in [2.05, 4.69) is 96.9 Å². The van der Waals surface area contributed by atoms with Crippen LogP contribution in [0.2, 0.25) is 0 Å². The smallest absolute Gasteiger partial charge is 0.0831 e. The van der Waals surface area contributed by atoms with Crippen molar-refractivity contribution in [2.75, 3.05) is 5.32 Å². The van der Waals surface area contributed by atoms with Crippen LogP contribution in [-0.4, -0.2) is 10.7 Å². The summed E-state index contributed by atoms with van der Waals surface area (Å²) in [7, 11) is 0. The normalized spacial score (nSPS) is 14.1. The van der Waals surface area contributed by atoms with Gasteiger partial charge in [-0.15, -0.1) is 0 Å². The van der Waals surface area contributed by atoms with Gasteiger partial charge in [0, 0.05) is 23.0 Å². The van der Waals surface area contributed by atoms with Crippen LogP contribution >= 0.6 is 0 Å². The van der Waals surface area contributed by atoms with Crippen LogP contribution in [0.15, 0.2) is 102 Å². The first-order valence-electron chi connectivity index (χ1n) is 10.4. The van der Waals surface area contributed by atoms with E-state index in [1.54, 1.807) is 0 Å². The first-order chi connectivity index (χ1) is 15.2. The molecule has 1 aliphatic rings. The van der Waals surface area contributed by atoms with E-state index >= 15 is 0 Å². The third-order valence-corrected chi connectivity index (χ3v) is 5.46. The Hall–Kier alpha value is -3.98. The zero-order valence-electron chi connectivity index (χ0n) is 17.6. The van der Waals surface area contributed by atoms with Crippen molar-refractivity contribution in [2.24, 2.45) is 4.99 Å². The van der Waals surface area contributed by atoms with Crippen LogP contribution in [0, 0.1) is 13.8 Å². The number of benzene rings is 3. The number of fused-ring (bicyclic) bond motifs is 1. The third kappa shape index (κ3) is 3.78. The van der Waals surface area contributed by atoms with E-state index in [1.807, 2.05) is 24.4 Å². The van der Waals surface area contributed by atoms with Gasteiger partial charge in [0.1, 0.15) is 0 Å². The molecule has 1 aromatic heterocycles. The Kier molecular flexibility index (Phi) is 4.93. The molecular weight excluding hydrogens is 378 g/mol. The van der Waals surface area contributed by atoms with Crippen LogP contribution in [0.1, 0.15) is 27.9 Å². The highest BCUT2D eigenvalue weighted by Crippen LogP contribution is 2.39. The second kappa shape index (κ2) is 8.04. The maximum Gasteiger partial charge on any atom is 0.0831 e. The molecule has 0 spiro atoms. The van der Waals surface area contributed by atoms with Gasteiger partial charge < -0.3 is 5.32 Å². The Balaban J connectivity index is 1.73. The number of aliphatic imine (C=N–C) groups is 1. The number of allylic oxidation sites excluding steroid dienone is 1. The fourth-order valence-electron chi connectivity index (χ4n) is 3.83. The topological polar surface area (TPSA) is 37.3 Å². The maximum absolute atomic E-state index is 5.08. The summed E-state index contributed by atoms with van der Waals surface area (Å²) in [5.41, 5.74) is 10.6. The fraction of sp³-hybridized carbons (Fsp3) is 0.0714. The van der Waals surface area contributed by atoms with E-state index in [4.69, 9.17) is 4.99 Å². The summed E-state index contributed by atoms with van der Waals surface area (Å²) in [6, 6.07) is 31.2. The number of nitrogens with zero attached hydrogens (tertiary/aromatic N) is 2. The average Bonchev–Trinajstić information content (AvgIpc) is 3.10. The van der Waals surface area contributed by atoms with Gasteiger partial charge in [0.2, 0.25) is 0 Å².